The van der Waals surface area contributed by atoms with E-state index in [1.54, 1.807) is 0 Å². The molecular weight excluding hydrogens is 372 g/mol. The van der Waals surface area contributed by atoms with Gasteiger partial charge in [0.25, 0.3) is 0 Å². The van der Waals surface area contributed by atoms with Gasteiger partial charge in [0, 0.05) is 0 Å². The van der Waals surface area contributed by atoms with E-state index in [0.29, 0.717) is 5.41 Å². The summed E-state index contributed by atoms with van der Waals surface area (Å²) >= 11 is 0. The Morgan fingerprint density at radius 1 is 0.516 bits per heavy atom. The average molecular weight is 437 g/mol. The third kappa shape index (κ3) is 13.3. The van der Waals surface area contributed by atoms with Gasteiger partial charge >= 0.3 is 0 Å². The molecule has 0 aromatic carbocycles. The fraction of sp³-hybridized carbons (Fsp3) is 1.00. The smallest absolute Gasteiger partial charge is 0.0349 e. The molecule has 0 saturated heterocycles. The zero-order valence-corrected chi connectivity index (χ0v) is 24.4. The van der Waals surface area contributed by atoms with Crippen LogP contribution in [0.1, 0.15) is 141 Å². The van der Waals surface area contributed by atoms with E-state index in [9.17, 15) is 0 Å². The van der Waals surface area contributed by atoms with Crippen molar-refractivity contribution in [3.8, 4) is 0 Å². The molecule has 0 aliphatic carbocycles. The second-order valence-corrected chi connectivity index (χ2v) is 13.6. The first-order chi connectivity index (χ1) is 14.2. The van der Waals surface area contributed by atoms with Crippen molar-refractivity contribution in [3.63, 3.8) is 0 Å². The van der Waals surface area contributed by atoms with Crippen molar-refractivity contribution in [2.24, 2.45) is 58.7 Å². The standard InChI is InChI=1S/C31H64/c1-14-27(9)29(11)30(28(10)15-2)19-26(8)21-31(12,13)20-25(7)18-24(6)17-23(5)16-22(3)4/h22-30H,14-21H2,1-13H3. The Morgan fingerprint density at radius 2 is 0.935 bits per heavy atom. The first-order valence-electron chi connectivity index (χ1n) is 14.2. The number of hydrogen-bond acceptors (Lipinski definition) is 0. The lowest BCUT2D eigenvalue weighted by molar-refractivity contribution is 0.129. The van der Waals surface area contributed by atoms with Crippen molar-refractivity contribution in [1.82, 2.24) is 0 Å². The first kappa shape index (κ1) is 31.0. The number of hydrogen-bond donors (Lipinski definition) is 0. The van der Waals surface area contributed by atoms with Crippen LogP contribution in [0, 0.1) is 58.7 Å². The van der Waals surface area contributed by atoms with Crippen LogP contribution in [0.5, 0.6) is 0 Å². The van der Waals surface area contributed by atoms with Crippen LogP contribution < -0.4 is 0 Å². The van der Waals surface area contributed by atoms with Gasteiger partial charge in [0.1, 0.15) is 0 Å². The van der Waals surface area contributed by atoms with Crippen molar-refractivity contribution in [2.75, 3.05) is 0 Å². The monoisotopic (exact) mass is 437 g/mol. The van der Waals surface area contributed by atoms with E-state index in [-0.39, 0.29) is 0 Å². The molecule has 188 valence electrons. The molecule has 0 amide bonds. The van der Waals surface area contributed by atoms with E-state index in [0.717, 1.165) is 53.3 Å². The molecule has 0 radical (unpaired) electrons. The lowest BCUT2D eigenvalue weighted by Gasteiger charge is -2.37. The molecule has 0 aliphatic heterocycles. The third-order valence-electron chi connectivity index (χ3n) is 8.55. The molecule has 8 atom stereocenters. The summed E-state index contributed by atoms with van der Waals surface area (Å²) in [5.41, 5.74) is 0.460. The van der Waals surface area contributed by atoms with E-state index >= 15 is 0 Å². The zero-order valence-electron chi connectivity index (χ0n) is 24.4. The Balaban J connectivity index is 4.76. The van der Waals surface area contributed by atoms with Gasteiger partial charge in [-0.15, -0.1) is 0 Å². The summed E-state index contributed by atoms with van der Waals surface area (Å²) in [5, 5.41) is 0. The summed E-state index contributed by atoms with van der Waals surface area (Å²) in [5.74, 6) is 7.67. The molecule has 0 nitrogen and oxygen atoms in total. The maximum atomic E-state index is 2.54. The highest BCUT2D eigenvalue weighted by Crippen LogP contribution is 2.41. The molecule has 0 rings (SSSR count). The Hall–Kier alpha value is 0. The number of rotatable bonds is 17. The lowest BCUT2D eigenvalue weighted by Crippen LogP contribution is -2.28. The Kier molecular flexibility index (Phi) is 15.0. The molecule has 0 aromatic rings. The predicted octanol–water partition coefficient (Wildman–Crippen LogP) is 10.9. The van der Waals surface area contributed by atoms with Gasteiger partial charge in [0.05, 0.1) is 0 Å². The van der Waals surface area contributed by atoms with Crippen LogP contribution in [0.15, 0.2) is 0 Å². The largest absolute Gasteiger partial charge is 0.0651 e. The Labute approximate surface area is 200 Å². The van der Waals surface area contributed by atoms with Crippen LogP contribution in [0.2, 0.25) is 0 Å². The van der Waals surface area contributed by atoms with Gasteiger partial charge in [-0.05, 0) is 97.2 Å². The third-order valence-corrected chi connectivity index (χ3v) is 8.55. The normalized spacial score (nSPS) is 20.7. The van der Waals surface area contributed by atoms with E-state index in [2.05, 4.69) is 90.0 Å². The maximum absolute atomic E-state index is 2.54. The van der Waals surface area contributed by atoms with Crippen LogP contribution in [-0.4, -0.2) is 0 Å². The summed E-state index contributed by atoms with van der Waals surface area (Å²) in [4.78, 5) is 0. The summed E-state index contributed by atoms with van der Waals surface area (Å²) in [6.07, 6.45) is 11.0. The van der Waals surface area contributed by atoms with Gasteiger partial charge in [-0.25, -0.2) is 0 Å². The van der Waals surface area contributed by atoms with E-state index < -0.39 is 0 Å². The van der Waals surface area contributed by atoms with Gasteiger partial charge in [0.2, 0.25) is 0 Å². The Bertz CT molecular complexity index is 433. The second kappa shape index (κ2) is 15.0. The van der Waals surface area contributed by atoms with Crippen molar-refractivity contribution in [3.05, 3.63) is 0 Å². The highest BCUT2D eigenvalue weighted by Gasteiger charge is 2.30. The van der Waals surface area contributed by atoms with E-state index in [4.69, 9.17) is 0 Å². The molecule has 31 heavy (non-hydrogen) atoms. The quantitative estimate of drug-likeness (QED) is 0.212. The fourth-order valence-corrected chi connectivity index (χ4v) is 7.03. The fourth-order valence-electron chi connectivity index (χ4n) is 7.03. The summed E-state index contributed by atoms with van der Waals surface area (Å²) in [6, 6.07) is 0. The SMILES string of the molecule is CCC(C)C(C)C(CC(C)CC(C)(C)CC(C)CC(C)CC(C)CC(C)C)C(C)CC. The molecule has 0 spiro atoms. The minimum absolute atomic E-state index is 0.460. The highest BCUT2D eigenvalue weighted by molar-refractivity contribution is 4.81. The minimum atomic E-state index is 0.460. The molecule has 8 unspecified atom stereocenters. The van der Waals surface area contributed by atoms with Crippen LogP contribution in [-0.2, 0) is 0 Å². The highest BCUT2D eigenvalue weighted by atomic mass is 14.4. The first-order valence-corrected chi connectivity index (χ1v) is 14.2. The van der Waals surface area contributed by atoms with Gasteiger partial charge in [-0.1, -0.05) is 103 Å². The zero-order chi connectivity index (χ0) is 24.4. The van der Waals surface area contributed by atoms with Crippen LogP contribution in [0.3, 0.4) is 0 Å². The molecular formula is C31H64. The van der Waals surface area contributed by atoms with Gasteiger partial charge in [0.15, 0.2) is 0 Å². The molecule has 0 aromatic heterocycles. The summed E-state index contributed by atoms with van der Waals surface area (Å²) in [7, 11) is 0. The minimum Gasteiger partial charge on any atom is -0.0651 e. The van der Waals surface area contributed by atoms with Crippen molar-refractivity contribution >= 4 is 0 Å². The topological polar surface area (TPSA) is 0 Å². The van der Waals surface area contributed by atoms with Crippen LogP contribution in [0.25, 0.3) is 0 Å². The van der Waals surface area contributed by atoms with Crippen LogP contribution >= 0.6 is 0 Å². The van der Waals surface area contributed by atoms with Gasteiger partial charge < -0.3 is 0 Å². The maximum Gasteiger partial charge on any atom is -0.0349 e. The molecule has 0 bridgehead atoms. The van der Waals surface area contributed by atoms with Crippen molar-refractivity contribution in [1.29, 1.82) is 0 Å². The molecule has 0 heteroatoms. The Morgan fingerprint density at radius 3 is 1.39 bits per heavy atom. The van der Waals surface area contributed by atoms with Crippen molar-refractivity contribution < 1.29 is 0 Å². The molecule has 0 saturated carbocycles. The van der Waals surface area contributed by atoms with Crippen LogP contribution in [0.4, 0.5) is 0 Å². The van der Waals surface area contributed by atoms with E-state index in [1.807, 2.05) is 0 Å². The molecule has 0 aliphatic rings. The van der Waals surface area contributed by atoms with E-state index in [1.165, 1.54) is 51.4 Å². The second-order valence-electron chi connectivity index (χ2n) is 13.6. The molecule has 0 fully saturated rings. The predicted molar refractivity (Wildman–Crippen MR) is 145 cm³/mol. The van der Waals surface area contributed by atoms with Crippen molar-refractivity contribution in [2.45, 2.75) is 141 Å². The summed E-state index contributed by atoms with van der Waals surface area (Å²) < 4.78 is 0. The molecule has 0 N–H and O–H groups in total. The molecule has 0 heterocycles. The average Bonchev–Trinajstić information content (AvgIpc) is 2.61. The van der Waals surface area contributed by atoms with Gasteiger partial charge in [-0.2, -0.15) is 0 Å². The lowest BCUT2D eigenvalue weighted by atomic mass is 9.68. The van der Waals surface area contributed by atoms with Gasteiger partial charge in [-0.3, -0.25) is 0 Å². The summed E-state index contributed by atoms with van der Waals surface area (Å²) in [6.45, 7) is 32.1.